The molecule has 0 bridgehead atoms. The monoisotopic (exact) mass is 397 g/mol. The zero-order valence-electron chi connectivity index (χ0n) is 15.9. The van der Waals surface area contributed by atoms with E-state index in [4.69, 9.17) is 0 Å². The fourth-order valence-electron chi connectivity index (χ4n) is 3.07. The first kappa shape index (κ1) is 21.2. The van der Waals surface area contributed by atoms with Gasteiger partial charge in [-0.15, -0.1) is 0 Å². The second-order valence-corrected chi connectivity index (χ2v) is 9.25. The minimum atomic E-state index is -3.47. The van der Waals surface area contributed by atoms with Crippen LogP contribution in [0.1, 0.15) is 38.3 Å². The van der Waals surface area contributed by atoms with Crippen LogP contribution < -0.4 is 10.0 Å². The summed E-state index contributed by atoms with van der Waals surface area (Å²) < 4.78 is 26.9. The lowest BCUT2D eigenvalue weighted by Gasteiger charge is -2.21. The fourth-order valence-corrected chi connectivity index (χ4v) is 4.56. The molecule has 1 saturated heterocycles. The number of carbonyl (C=O) groups is 2. The molecule has 3 N–H and O–H groups in total. The van der Waals surface area contributed by atoms with E-state index in [1.54, 1.807) is 45.0 Å². The smallest absolute Gasteiger partial charge is 0.317 e. The van der Waals surface area contributed by atoms with Gasteiger partial charge in [-0.2, -0.15) is 0 Å². The molecule has 1 aromatic rings. The van der Waals surface area contributed by atoms with Gasteiger partial charge in [-0.05, 0) is 38.3 Å². The van der Waals surface area contributed by atoms with Crippen molar-refractivity contribution in [2.24, 2.45) is 5.41 Å². The molecule has 1 aliphatic rings. The third-order valence-electron chi connectivity index (χ3n) is 4.59. The van der Waals surface area contributed by atoms with Crippen molar-refractivity contribution in [3.05, 3.63) is 35.4 Å². The highest BCUT2D eigenvalue weighted by Gasteiger charge is 2.42. The van der Waals surface area contributed by atoms with Gasteiger partial charge in [-0.25, -0.2) is 17.9 Å². The van der Waals surface area contributed by atoms with Crippen molar-refractivity contribution in [2.75, 3.05) is 13.1 Å². The number of aliphatic carboxylic acids is 1. The van der Waals surface area contributed by atoms with Crippen molar-refractivity contribution in [2.45, 2.75) is 45.5 Å². The maximum atomic E-state index is 12.4. The normalized spacial score (nSPS) is 20.1. The fraction of sp³-hybridized carbons (Fsp3) is 0.556. The molecule has 1 fully saturated rings. The van der Waals surface area contributed by atoms with Crippen LogP contribution in [0.15, 0.2) is 24.3 Å². The van der Waals surface area contributed by atoms with E-state index in [1.165, 1.54) is 4.90 Å². The average molecular weight is 397 g/mol. The Morgan fingerprint density at radius 2 is 1.89 bits per heavy atom. The molecule has 1 aromatic carbocycles. The number of hydrogen-bond acceptors (Lipinski definition) is 4. The number of nitrogens with one attached hydrogen (secondary N) is 2. The van der Waals surface area contributed by atoms with Crippen molar-refractivity contribution in [1.29, 1.82) is 0 Å². The van der Waals surface area contributed by atoms with Gasteiger partial charge in [0.15, 0.2) is 0 Å². The van der Waals surface area contributed by atoms with E-state index < -0.39 is 21.4 Å². The highest BCUT2D eigenvalue weighted by Crippen LogP contribution is 2.30. The topological polar surface area (TPSA) is 116 Å². The zero-order chi connectivity index (χ0) is 20.2. The Labute approximate surface area is 160 Å². The molecular weight excluding hydrogens is 370 g/mol. The van der Waals surface area contributed by atoms with Gasteiger partial charge in [-0.3, -0.25) is 4.79 Å². The Morgan fingerprint density at radius 1 is 1.26 bits per heavy atom. The Kier molecular flexibility index (Phi) is 6.48. The van der Waals surface area contributed by atoms with Crippen LogP contribution in [0.2, 0.25) is 0 Å². The van der Waals surface area contributed by atoms with Crippen LogP contribution in [-0.4, -0.2) is 49.6 Å². The molecule has 0 saturated carbocycles. The van der Waals surface area contributed by atoms with Crippen LogP contribution in [0.25, 0.3) is 0 Å². The minimum absolute atomic E-state index is 0.155. The van der Waals surface area contributed by atoms with E-state index in [0.717, 1.165) is 0 Å². The molecule has 0 aromatic heterocycles. The van der Waals surface area contributed by atoms with Gasteiger partial charge in [-0.1, -0.05) is 24.3 Å². The van der Waals surface area contributed by atoms with Crippen LogP contribution in [0.5, 0.6) is 0 Å². The minimum Gasteiger partial charge on any atom is -0.481 e. The molecule has 2 rings (SSSR count). The number of urea groups is 1. The maximum absolute atomic E-state index is 12.4. The highest BCUT2D eigenvalue weighted by atomic mass is 32.2. The molecule has 0 aliphatic carbocycles. The molecular formula is C18H27N3O5S. The maximum Gasteiger partial charge on any atom is 0.317 e. The first-order valence-corrected chi connectivity index (χ1v) is 10.5. The van der Waals surface area contributed by atoms with Gasteiger partial charge in [0.25, 0.3) is 0 Å². The molecule has 1 atom stereocenters. The summed E-state index contributed by atoms with van der Waals surface area (Å²) in [5, 5.41) is 12.0. The number of rotatable bonds is 7. The molecule has 2 amide bonds. The Morgan fingerprint density at radius 3 is 2.44 bits per heavy atom. The number of carbonyl (C=O) groups excluding carboxylic acids is 1. The lowest BCUT2D eigenvalue weighted by Crippen LogP contribution is -2.40. The number of carboxylic acid groups (broad SMARTS) is 1. The van der Waals surface area contributed by atoms with Gasteiger partial charge < -0.3 is 15.3 Å². The van der Waals surface area contributed by atoms with Crippen molar-refractivity contribution >= 4 is 22.0 Å². The van der Waals surface area contributed by atoms with E-state index in [0.29, 0.717) is 24.1 Å². The van der Waals surface area contributed by atoms with Crippen LogP contribution in [0, 0.1) is 5.41 Å². The molecule has 1 heterocycles. The number of carboxylic acids is 1. The summed E-state index contributed by atoms with van der Waals surface area (Å²) in [5.74, 6) is -1.08. The van der Waals surface area contributed by atoms with Crippen molar-refractivity contribution in [1.82, 2.24) is 14.9 Å². The Hall–Kier alpha value is -2.13. The molecule has 9 heteroatoms. The first-order chi connectivity index (χ1) is 12.5. The summed E-state index contributed by atoms with van der Waals surface area (Å²) in [6.07, 6.45) is 0.408. The molecule has 150 valence electrons. The van der Waals surface area contributed by atoms with Gasteiger partial charge in [0.1, 0.15) is 0 Å². The van der Waals surface area contributed by atoms with Crippen LogP contribution in [0.3, 0.4) is 0 Å². The lowest BCUT2D eigenvalue weighted by molar-refractivity contribution is -0.147. The molecule has 27 heavy (non-hydrogen) atoms. The van der Waals surface area contributed by atoms with Crippen LogP contribution in [0.4, 0.5) is 4.79 Å². The highest BCUT2D eigenvalue weighted by molar-refractivity contribution is 7.88. The van der Waals surface area contributed by atoms with E-state index in [9.17, 15) is 23.1 Å². The number of nitrogens with zero attached hydrogens (tertiary/aromatic N) is 1. The number of sulfonamides is 1. The third kappa shape index (κ3) is 5.67. The summed E-state index contributed by atoms with van der Waals surface area (Å²) >= 11 is 0. The summed E-state index contributed by atoms with van der Waals surface area (Å²) in [4.78, 5) is 25.1. The SMILES string of the molecule is CC(C)NS(=O)(=O)Cc1ccccc1CNC(=O)N1CCC(C)(C(=O)O)C1. The molecule has 1 unspecified atom stereocenters. The summed E-state index contributed by atoms with van der Waals surface area (Å²) in [6, 6.07) is 6.48. The van der Waals surface area contributed by atoms with Crippen molar-refractivity contribution < 1.29 is 23.1 Å². The first-order valence-electron chi connectivity index (χ1n) is 8.85. The van der Waals surface area contributed by atoms with E-state index in [2.05, 4.69) is 10.0 Å². The number of likely N-dealkylation sites (tertiary alicyclic amines) is 1. The van der Waals surface area contributed by atoms with Gasteiger partial charge in [0, 0.05) is 25.7 Å². The van der Waals surface area contributed by atoms with Gasteiger partial charge in [0.05, 0.1) is 11.2 Å². The predicted octanol–water partition coefficient (Wildman–Crippen LogP) is 1.52. The zero-order valence-corrected chi connectivity index (χ0v) is 16.7. The van der Waals surface area contributed by atoms with E-state index >= 15 is 0 Å². The molecule has 0 spiro atoms. The lowest BCUT2D eigenvalue weighted by atomic mass is 9.90. The summed E-state index contributed by atoms with van der Waals surface area (Å²) in [5.41, 5.74) is 0.397. The summed E-state index contributed by atoms with van der Waals surface area (Å²) in [6.45, 7) is 5.84. The standard InChI is InChI=1S/C18H27N3O5S/c1-13(2)20-27(25,26)11-15-7-5-4-6-14(15)10-19-17(24)21-9-8-18(3,12-21)16(22)23/h4-7,13,20H,8-12H2,1-3H3,(H,19,24)(H,22,23). The van der Waals surface area contributed by atoms with Gasteiger partial charge >= 0.3 is 12.0 Å². The van der Waals surface area contributed by atoms with Crippen molar-refractivity contribution in [3.63, 3.8) is 0 Å². The van der Waals surface area contributed by atoms with Crippen molar-refractivity contribution in [3.8, 4) is 0 Å². The van der Waals surface area contributed by atoms with Gasteiger partial charge in [0.2, 0.25) is 10.0 Å². The largest absolute Gasteiger partial charge is 0.481 e. The Balaban J connectivity index is 2.01. The molecule has 1 aliphatic heterocycles. The average Bonchev–Trinajstić information content (AvgIpc) is 2.96. The second-order valence-electron chi connectivity index (χ2n) is 7.50. The third-order valence-corrected chi connectivity index (χ3v) is 6.11. The number of hydrogen-bond donors (Lipinski definition) is 3. The molecule has 8 nitrogen and oxygen atoms in total. The van der Waals surface area contributed by atoms with E-state index in [1.807, 2.05) is 0 Å². The quantitative estimate of drug-likeness (QED) is 0.645. The Bertz CT molecular complexity index is 809. The summed E-state index contributed by atoms with van der Waals surface area (Å²) in [7, 11) is -3.47. The molecule has 0 radical (unpaired) electrons. The number of amides is 2. The van der Waals surface area contributed by atoms with E-state index in [-0.39, 0.29) is 30.9 Å². The second kappa shape index (κ2) is 8.26. The van der Waals surface area contributed by atoms with Crippen LogP contribution in [-0.2, 0) is 27.1 Å². The number of benzene rings is 1. The van der Waals surface area contributed by atoms with Crippen LogP contribution >= 0.6 is 0 Å². The predicted molar refractivity (Wildman–Crippen MR) is 102 cm³/mol.